The van der Waals surface area contributed by atoms with Crippen LogP contribution in [0.25, 0.3) is 0 Å². The van der Waals surface area contributed by atoms with Gasteiger partial charge in [-0.1, -0.05) is 13.3 Å². The number of amides is 1. The Morgan fingerprint density at radius 2 is 2.00 bits per heavy atom. The van der Waals surface area contributed by atoms with Gasteiger partial charge in [0, 0.05) is 12.2 Å². The van der Waals surface area contributed by atoms with Crippen molar-refractivity contribution in [3.63, 3.8) is 0 Å². The molecule has 0 aliphatic rings. The van der Waals surface area contributed by atoms with Crippen LogP contribution in [-0.2, 0) is 4.79 Å². The number of nitrogens with two attached hydrogens (primary N) is 1. The molecule has 3 N–H and O–H groups in total. The zero-order valence-corrected chi connectivity index (χ0v) is 12.6. The molecule has 1 aromatic carbocycles. The summed E-state index contributed by atoms with van der Waals surface area (Å²) in [6.45, 7) is 3.51. The van der Waals surface area contributed by atoms with Crippen molar-refractivity contribution in [1.29, 1.82) is 0 Å². The Hall–Kier alpha value is -1.59. The van der Waals surface area contributed by atoms with E-state index in [-0.39, 0.29) is 5.91 Å². The van der Waals surface area contributed by atoms with E-state index in [9.17, 15) is 4.79 Å². The number of anilines is 1. The van der Waals surface area contributed by atoms with Gasteiger partial charge in [-0.25, -0.2) is 0 Å². The number of hydrogen-bond donors (Lipinski definition) is 2. The van der Waals surface area contributed by atoms with Gasteiger partial charge in [0.25, 0.3) is 0 Å². The van der Waals surface area contributed by atoms with Crippen molar-refractivity contribution in [3.05, 3.63) is 24.3 Å². The summed E-state index contributed by atoms with van der Waals surface area (Å²) in [4.78, 5) is 13.8. The van der Waals surface area contributed by atoms with E-state index >= 15 is 0 Å². The first kappa shape index (κ1) is 16.5. The number of hydrogen-bond acceptors (Lipinski definition) is 4. The molecule has 0 radical (unpaired) electrons. The van der Waals surface area contributed by atoms with Crippen LogP contribution in [0.1, 0.15) is 19.8 Å². The lowest BCUT2D eigenvalue weighted by Crippen LogP contribution is -2.35. The SMILES string of the molecule is CCC[C@H](N)C(=O)Nc1ccc(OCCN(C)C)cc1. The molecule has 0 saturated carbocycles. The molecule has 0 saturated heterocycles. The van der Waals surface area contributed by atoms with E-state index in [4.69, 9.17) is 10.5 Å². The van der Waals surface area contributed by atoms with Gasteiger partial charge in [0.15, 0.2) is 0 Å². The Kier molecular flexibility index (Phi) is 7.04. The quantitative estimate of drug-likeness (QED) is 0.760. The smallest absolute Gasteiger partial charge is 0.241 e. The molecular formula is C15H25N3O2. The highest BCUT2D eigenvalue weighted by Gasteiger charge is 2.12. The summed E-state index contributed by atoms with van der Waals surface area (Å²) in [7, 11) is 4.00. The fraction of sp³-hybridized carbons (Fsp3) is 0.533. The van der Waals surface area contributed by atoms with Crippen LogP contribution in [0.15, 0.2) is 24.3 Å². The van der Waals surface area contributed by atoms with Gasteiger partial charge < -0.3 is 20.7 Å². The summed E-state index contributed by atoms with van der Waals surface area (Å²) in [6.07, 6.45) is 1.59. The summed E-state index contributed by atoms with van der Waals surface area (Å²) >= 11 is 0. The molecule has 1 aromatic rings. The predicted molar refractivity (Wildman–Crippen MR) is 82.0 cm³/mol. The first-order valence-electron chi connectivity index (χ1n) is 6.97. The molecule has 5 heteroatoms. The Morgan fingerprint density at radius 1 is 1.35 bits per heavy atom. The molecule has 0 bridgehead atoms. The fourth-order valence-corrected chi connectivity index (χ4v) is 1.66. The van der Waals surface area contributed by atoms with Crippen molar-refractivity contribution in [2.45, 2.75) is 25.8 Å². The number of likely N-dealkylation sites (N-methyl/N-ethyl adjacent to an activating group) is 1. The lowest BCUT2D eigenvalue weighted by Gasteiger charge is -2.13. The molecule has 1 atom stereocenters. The maximum absolute atomic E-state index is 11.8. The van der Waals surface area contributed by atoms with Gasteiger partial charge >= 0.3 is 0 Å². The van der Waals surface area contributed by atoms with Gasteiger partial charge in [-0.3, -0.25) is 4.79 Å². The van der Waals surface area contributed by atoms with Gasteiger partial charge in [-0.15, -0.1) is 0 Å². The Labute approximate surface area is 121 Å². The first-order chi connectivity index (χ1) is 9.52. The van der Waals surface area contributed by atoms with Crippen molar-refractivity contribution in [1.82, 2.24) is 4.90 Å². The fourth-order valence-electron chi connectivity index (χ4n) is 1.66. The Morgan fingerprint density at radius 3 is 2.55 bits per heavy atom. The average molecular weight is 279 g/mol. The standard InChI is InChI=1S/C15H25N3O2/c1-4-5-14(16)15(19)17-12-6-8-13(9-7-12)20-11-10-18(2)3/h6-9,14H,4-5,10-11,16H2,1-3H3,(H,17,19)/t14-/m0/s1. The zero-order valence-electron chi connectivity index (χ0n) is 12.6. The number of nitrogens with zero attached hydrogens (tertiary/aromatic N) is 1. The van der Waals surface area contributed by atoms with Gasteiger partial charge in [0.2, 0.25) is 5.91 Å². The van der Waals surface area contributed by atoms with Crippen LogP contribution < -0.4 is 15.8 Å². The normalized spacial score (nSPS) is 12.2. The topological polar surface area (TPSA) is 67.6 Å². The van der Waals surface area contributed by atoms with Crippen LogP contribution in [0, 0.1) is 0 Å². The molecule has 20 heavy (non-hydrogen) atoms. The third kappa shape index (κ3) is 6.04. The number of rotatable bonds is 8. The second kappa shape index (κ2) is 8.55. The molecule has 0 aliphatic carbocycles. The van der Waals surface area contributed by atoms with Gasteiger partial charge in [0.1, 0.15) is 12.4 Å². The highest BCUT2D eigenvalue weighted by molar-refractivity contribution is 5.94. The van der Waals surface area contributed by atoms with E-state index in [1.165, 1.54) is 0 Å². The molecule has 0 fully saturated rings. The Bertz CT molecular complexity index is 404. The molecule has 0 aliphatic heterocycles. The third-order valence-electron chi connectivity index (χ3n) is 2.87. The van der Waals surface area contributed by atoms with Crippen molar-refractivity contribution < 1.29 is 9.53 Å². The van der Waals surface area contributed by atoms with Crippen molar-refractivity contribution in [2.75, 3.05) is 32.6 Å². The number of benzene rings is 1. The predicted octanol–water partition coefficient (Wildman–Crippen LogP) is 1.69. The van der Waals surface area contributed by atoms with Crippen LogP contribution in [0.2, 0.25) is 0 Å². The maximum atomic E-state index is 11.8. The molecule has 0 heterocycles. The molecule has 0 aromatic heterocycles. The van der Waals surface area contributed by atoms with Crippen LogP contribution in [-0.4, -0.2) is 44.1 Å². The third-order valence-corrected chi connectivity index (χ3v) is 2.87. The minimum atomic E-state index is -0.448. The average Bonchev–Trinajstić information content (AvgIpc) is 2.40. The summed E-state index contributed by atoms with van der Waals surface area (Å²) < 4.78 is 5.58. The van der Waals surface area contributed by atoms with Crippen molar-refractivity contribution >= 4 is 11.6 Å². The molecule has 5 nitrogen and oxygen atoms in total. The first-order valence-corrected chi connectivity index (χ1v) is 6.97. The maximum Gasteiger partial charge on any atom is 0.241 e. The number of carbonyl (C=O) groups is 1. The van der Waals surface area contributed by atoms with E-state index in [2.05, 4.69) is 10.2 Å². The monoisotopic (exact) mass is 279 g/mol. The van der Waals surface area contributed by atoms with Crippen LogP contribution in [0.4, 0.5) is 5.69 Å². The minimum Gasteiger partial charge on any atom is -0.492 e. The molecule has 1 rings (SSSR count). The van der Waals surface area contributed by atoms with Gasteiger partial charge in [-0.2, -0.15) is 0 Å². The number of carbonyl (C=O) groups excluding carboxylic acids is 1. The van der Waals surface area contributed by atoms with E-state index < -0.39 is 6.04 Å². The Balaban J connectivity index is 2.44. The summed E-state index contributed by atoms with van der Waals surface area (Å²) in [5, 5.41) is 2.80. The highest BCUT2D eigenvalue weighted by Crippen LogP contribution is 2.16. The van der Waals surface area contributed by atoms with Crippen LogP contribution in [0.3, 0.4) is 0 Å². The van der Waals surface area contributed by atoms with Crippen LogP contribution >= 0.6 is 0 Å². The molecule has 112 valence electrons. The van der Waals surface area contributed by atoms with Gasteiger partial charge in [0.05, 0.1) is 6.04 Å². The minimum absolute atomic E-state index is 0.145. The molecule has 1 amide bonds. The molecule has 0 unspecified atom stereocenters. The van der Waals surface area contributed by atoms with Crippen molar-refractivity contribution in [2.24, 2.45) is 5.73 Å². The largest absolute Gasteiger partial charge is 0.492 e. The van der Waals surface area contributed by atoms with E-state index in [0.29, 0.717) is 13.0 Å². The van der Waals surface area contributed by atoms with Gasteiger partial charge in [-0.05, 0) is 44.8 Å². The molecular weight excluding hydrogens is 254 g/mol. The van der Waals surface area contributed by atoms with E-state index in [0.717, 1.165) is 24.4 Å². The summed E-state index contributed by atoms with van der Waals surface area (Å²) in [5.74, 6) is 0.649. The second-order valence-corrected chi connectivity index (χ2v) is 5.06. The zero-order chi connectivity index (χ0) is 15.0. The highest BCUT2D eigenvalue weighted by atomic mass is 16.5. The lowest BCUT2D eigenvalue weighted by molar-refractivity contribution is -0.117. The van der Waals surface area contributed by atoms with Crippen molar-refractivity contribution in [3.8, 4) is 5.75 Å². The lowest BCUT2D eigenvalue weighted by atomic mass is 10.1. The summed E-state index contributed by atoms with van der Waals surface area (Å²) in [5.41, 5.74) is 6.50. The number of nitrogens with one attached hydrogen (secondary N) is 1. The summed E-state index contributed by atoms with van der Waals surface area (Å²) in [6, 6.07) is 6.88. The molecule has 0 spiro atoms. The number of ether oxygens (including phenoxy) is 1. The van der Waals surface area contributed by atoms with E-state index in [1.54, 1.807) is 0 Å². The second-order valence-electron chi connectivity index (χ2n) is 5.06. The van der Waals surface area contributed by atoms with E-state index in [1.807, 2.05) is 45.3 Å². The van der Waals surface area contributed by atoms with Crippen LogP contribution in [0.5, 0.6) is 5.75 Å².